The fourth-order valence-electron chi connectivity index (χ4n) is 1.64. The van der Waals surface area contributed by atoms with E-state index < -0.39 is 5.97 Å². The summed E-state index contributed by atoms with van der Waals surface area (Å²) in [4.78, 5) is 21.7. The third kappa shape index (κ3) is 7.94. The number of aliphatic carboxylic acids is 1. The summed E-state index contributed by atoms with van der Waals surface area (Å²) in [7, 11) is 0. The zero-order chi connectivity index (χ0) is 15.5. The first kappa shape index (κ1) is 17.0. The highest BCUT2D eigenvalue weighted by Crippen LogP contribution is 2.16. The number of carbonyl (C=O) groups excluding carboxylic acids is 1. The summed E-state index contributed by atoms with van der Waals surface area (Å²) in [6.45, 7) is 2.61. The van der Waals surface area contributed by atoms with Gasteiger partial charge in [-0.3, -0.25) is 4.79 Å². The number of aryl methyl sites for hydroxylation is 1. The highest BCUT2D eigenvalue weighted by molar-refractivity contribution is 5.75. The SMILES string of the molecule is Cc1ccccc1OCCCC(=O)NCCOCC(=O)O. The van der Waals surface area contributed by atoms with Gasteiger partial charge in [0, 0.05) is 13.0 Å². The van der Waals surface area contributed by atoms with Crippen molar-refractivity contribution in [2.75, 3.05) is 26.4 Å². The Morgan fingerprint density at radius 3 is 2.71 bits per heavy atom. The maximum absolute atomic E-state index is 11.5. The van der Waals surface area contributed by atoms with Crippen LogP contribution in [0.1, 0.15) is 18.4 Å². The van der Waals surface area contributed by atoms with E-state index in [2.05, 4.69) is 5.32 Å². The Kier molecular flexibility index (Phi) is 7.89. The number of hydrogen-bond donors (Lipinski definition) is 2. The molecule has 0 unspecified atom stereocenters. The highest BCUT2D eigenvalue weighted by Gasteiger charge is 2.02. The number of ether oxygens (including phenoxy) is 2. The van der Waals surface area contributed by atoms with Gasteiger partial charge in [0.1, 0.15) is 12.4 Å². The molecule has 0 aliphatic heterocycles. The quantitative estimate of drug-likeness (QED) is 0.637. The molecular weight excluding hydrogens is 274 g/mol. The van der Waals surface area contributed by atoms with Gasteiger partial charge in [-0.2, -0.15) is 0 Å². The largest absolute Gasteiger partial charge is 0.493 e. The van der Waals surface area contributed by atoms with E-state index in [0.29, 0.717) is 26.0 Å². The minimum Gasteiger partial charge on any atom is -0.493 e. The fourth-order valence-corrected chi connectivity index (χ4v) is 1.64. The highest BCUT2D eigenvalue weighted by atomic mass is 16.5. The zero-order valence-corrected chi connectivity index (χ0v) is 12.1. The standard InChI is InChI=1S/C15H21NO5/c1-12-5-2-3-6-13(12)21-9-4-7-14(17)16-8-10-20-11-15(18)19/h2-3,5-6H,4,7-11H2,1H3,(H,16,17)(H,18,19). The van der Waals surface area contributed by atoms with Crippen molar-refractivity contribution in [1.29, 1.82) is 0 Å². The first-order chi connectivity index (χ1) is 10.1. The lowest BCUT2D eigenvalue weighted by Gasteiger charge is -2.09. The third-order valence-electron chi connectivity index (χ3n) is 2.69. The van der Waals surface area contributed by atoms with Gasteiger partial charge in [0.25, 0.3) is 0 Å². The number of carboxylic acid groups (broad SMARTS) is 1. The van der Waals surface area contributed by atoms with Gasteiger partial charge in [-0.25, -0.2) is 4.79 Å². The number of para-hydroxylation sites is 1. The van der Waals surface area contributed by atoms with Crippen molar-refractivity contribution in [2.45, 2.75) is 19.8 Å². The lowest BCUT2D eigenvalue weighted by atomic mass is 10.2. The Balaban J connectivity index is 2.03. The molecule has 0 saturated heterocycles. The molecule has 1 amide bonds. The third-order valence-corrected chi connectivity index (χ3v) is 2.69. The first-order valence-corrected chi connectivity index (χ1v) is 6.84. The Morgan fingerprint density at radius 1 is 1.24 bits per heavy atom. The minimum absolute atomic E-state index is 0.0951. The molecule has 1 rings (SSSR count). The summed E-state index contributed by atoms with van der Waals surface area (Å²) in [5.74, 6) is -0.281. The van der Waals surface area contributed by atoms with E-state index in [-0.39, 0.29) is 19.1 Å². The smallest absolute Gasteiger partial charge is 0.329 e. The van der Waals surface area contributed by atoms with Crippen molar-refractivity contribution in [3.05, 3.63) is 29.8 Å². The molecule has 21 heavy (non-hydrogen) atoms. The topological polar surface area (TPSA) is 84.9 Å². The molecule has 0 aliphatic carbocycles. The van der Waals surface area contributed by atoms with Crippen molar-refractivity contribution in [3.63, 3.8) is 0 Å². The zero-order valence-electron chi connectivity index (χ0n) is 12.1. The first-order valence-electron chi connectivity index (χ1n) is 6.84. The molecule has 1 aromatic rings. The number of rotatable bonds is 10. The van der Waals surface area contributed by atoms with Crippen LogP contribution in [0.3, 0.4) is 0 Å². The van der Waals surface area contributed by atoms with E-state index in [1.165, 1.54) is 0 Å². The molecule has 0 aromatic heterocycles. The van der Waals surface area contributed by atoms with E-state index >= 15 is 0 Å². The number of nitrogens with one attached hydrogen (secondary N) is 1. The molecular formula is C15H21NO5. The second kappa shape index (κ2) is 9.77. The summed E-state index contributed by atoms with van der Waals surface area (Å²) in [6.07, 6.45) is 0.987. The Hall–Kier alpha value is -2.08. The average Bonchev–Trinajstić information content (AvgIpc) is 2.44. The maximum Gasteiger partial charge on any atom is 0.329 e. The van der Waals surface area contributed by atoms with Crippen LogP contribution in [0.25, 0.3) is 0 Å². The molecule has 1 aromatic carbocycles. The van der Waals surface area contributed by atoms with Crippen LogP contribution in [0.5, 0.6) is 5.75 Å². The van der Waals surface area contributed by atoms with Gasteiger partial charge in [0.2, 0.25) is 5.91 Å². The van der Waals surface area contributed by atoms with Gasteiger partial charge >= 0.3 is 5.97 Å². The molecule has 0 bridgehead atoms. The molecule has 6 heteroatoms. The molecule has 0 fully saturated rings. The van der Waals surface area contributed by atoms with Crippen LogP contribution in [0.15, 0.2) is 24.3 Å². The number of benzene rings is 1. The summed E-state index contributed by atoms with van der Waals surface area (Å²) >= 11 is 0. The Labute approximate surface area is 124 Å². The molecule has 0 spiro atoms. The second-order valence-corrected chi connectivity index (χ2v) is 4.51. The summed E-state index contributed by atoms with van der Waals surface area (Å²) in [5, 5.41) is 11.0. The van der Waals surface area contributed by atoms with Crippen LogP contribution in [-0.2, 0) is 14.3 Å². The van der Waals surface area contributed by atoms with E-state index in [1.807, 2.05) is 31.2 Å². The molecule has 0 radical (unpaired) electrons. The van der Waals surface area contributed by atoms with Crippen LogP contribution in [-0.4, -0.2) is 43.3 Å². The van der Waals surface area contributed by atoms with Crippen molar-refractivity contribution in [3.8, 4) is 5.75 Å². The second-order valence-electron chi connectivity index (χ2n) is 4.51. The molecule has 116 valence electrons. The van der Waals surface area contributed by atoms with Crippen LogP contribution < -0.4 is 10.1 Å². The van der Waals surface area contributed by atoms with Crippen molar-refractivity contribution < 1.29 is 24.2 Å². The predicted molar refractivity (Wildman–Crippen MR) is 77.4 cm³/mol. The summed E-state index contributed by atoms with van der Waals surface area (Å²) in [6, 6.07) is 7.72. The maximum atomic E-state index is 11.5. The predicted octanol–water partition coefficient (Wildman–Crippen LogP) is 1.37. The Bertz CT molecular complexity index is 461. The van der Waals surface area contributed by atoms with Crippen LogP contribution in [0, 0.1) is 6.92 Å². The van der Waals surface area contributed by atoms with Crippen molar-refractivity contribution >= 4 is 11.9 Å². The number of hydrogen-bond acceptors (Lipinski definition) is 4. The van der Waals surface area contributed by atoms with Crippen LogP contribution in [0.4, 0.5) is 0 Å². The van der Waals surface area contributed by atoms with Crippen molar-refractivity contribution in [1.82, 2.24) is 5.32 Å². The Morgan fingerprint density at radius 2 is 2.00 bits per heavy atom. The van der Waals surface area contributed by atoms with E-state index in [1.54, 1.807) is 0 Å². The summed E-state index contributed by atoms with van der Waals surface area (Å²) < 4.78 is 10.4. The minimum atomic E-state index is -1.02. The number of amides is 1. The van der Waals surface area contributed by atoms with Gasteiger partial charge in [-0.1, -0.05) is 18.2 Å². The van der Waals surface area contributed by atoms with E-state index in [4.69, 9.17) is 14.6 Å². The molecule has 0 saturated carbocycles. The summed E-state index contributed by atoms with van der Waals surface area (Å²) in [5.41, 5.74) is 1.07. The lowest BCUT2D eigenvalue weighted by molar-refractivity contribution is -0.142. The van der Waals surface area contributed by atoms with Gasteiger partial charge in [-0.15, -0.1) is 0 Å². The monoisotopic (exact) mass is 295 g/mol. The average molecular weight is 295 g/mol. The van der Waals surface area contributed by atoms with E-state index in [0.717, 1.165) is 11.3 Å². The molecule has 0 aliphatic rings. The van der Waals surface area contributed by atoms with Gasteiger partial charge < -0.3 is 19.9 Å². The van der Waals surface area contributed by atoms with Crippen molar-refractivity contribution in [2.24, 2.45) is 0 Å². The number of carboxylic acids is 1. The lowest BCUT2D eigenvalue weighted by Crippen LogP contribution is -2.28. The van der Waals surface area contributed by atoms with Gasteiger partial charge in [0.05, 0.1) is 13.2 Å². The molecule has 2 N–H and O–H groups in total. The fraction of sp³-hybridized carbons (Fsp3) is 0.467. The van der Waals surface area contributed by atoms with E-state index in [9.17, 15) is 9.59 Å². The van der Waals surface area contributed by atoms with Crippen LogP contribution in [0.2, 0.25) is 0 Å². The van der Waals surface area contributed by atoms with Gasteiger partial charge in [0.15, 0.2) is 0 Å². The number of carbonyl (C=O) groups is 2. The molecule has 0 heterocycles. The molecule has 6 nitrogen and oxygen atoms in total. The normalized spacial score (nSPS) is 10.1. The van der Waals surface area contributed by atoms with Gasteiger partial charge in [-0.05, 0) is 25.0 Å². The molecule has 0 atom stereocenters. The van der Waals surface area contributed by atoms with Crippen LogP contribution >= 0.6 is 0 Å².